The summed E-state index contributed by atoms with van der Waals surface area (Å²) < 4.78 is 5.54. The summed E-state index contributed by atoms with van der Waals surface area (Å²) in [7, 11) is 0. The number of carbonyl (C=O) groups excluding carboxylic acids is 1. The molecule has 28 heavy (non-hydrogen) atoms. The van der Waals surface area contributed by atoms with Gasteiger partial charge in [0.05, 0.1) is 12.2 Å². The normalized spacial score (nSPS) is 54.2. The number of esters is 1. The van der Waals surface area contributed by atoms with Crippen LogP contribution in [-0.2, 0) is 9.53 Å². The second kappa shape index (κ2) is 6.68. The Kier molecular flexibility index (Phi) is 4.92. The second-order valence-corrected chi connectivity index (χ2v) is 10.9. The van der Waals surface area contributed by atoms with E-state index < -0.39 is 23.2 Å². The van der Waals surface area contributed by atoms with Crippen LogP contribution in [0.5, 0.6) is 0 Å². The van der Waals surface area contributed by atoms with Crippen molar-refractivity contribution < 1.29 is 24.9 Å². The Morgan fingerprint density at radius 3 is 2.43 bits per heavy atom. The Bertz CT molecular complexity index is 634. The van der Waals surface area contributed by atoms with Gasteiger partial charge in [-0.15, -0.1) is 0 Å². The maximum atomic E-state index is 11.4. The largest absolute Gasteiger partial charge is 0.463 e. The van der Waals surface area contributed by atoms with Crippen LogP contribution in [0, 0.1) is 34.5 Å². The SMILES string of the molecule is CC(=O)OC1CCC2(C)C(CCC3C2CCC2(C)C3CC(O)C2(O)C(C)O)C1. The van der Waals surface area contributed by atoms with E-state index in [4.69, 9.17) is 4.74 Å². The zero-order valence-electron chi connectivity index (χ0n) is 17.9. The van der Waals surface area contributed by atoms with Gasteiger partial charge >= 0.3 is 5.97 Å². The molecule has 0 bridgehead atoms. The van der Waals surface area contributed by atoms with Crippen molar-refractivity contribution in [2.24, 2.45) is 34.5 Å². The van der Waals surface area contributed by atoms with Crippen LogP contribution >= 0.6 is 0 Å². The molecule has 5 heteroatoms. The zero-order chi connectivity index (χ0) is 20.5. The Morgan fingerprint density at radius 1 is 1.07 bits per heavy atom. The first-order valence-corrected chi connectivity index (χ1v) is 11.3. The van der Waals surface area contributed by atoms with E-state index in [1.807, 2.05) is 0 Å². The fourth-order valence-electron chi connectivity index (χ4n) is 8.37. The summed E-state index contributed by atoms with van der Waals surface area (Å²) in [5, 5.41) is 32.5. The Labute approximate surface area is 168 Å². The van der Waals surface area contributed by atoms with E-state index in [9.17, 15) is 20.1 Å². The van der Waals surface area contributed by atoms with Crippen molar-refractivity contribution in [3.63, 3.8) is 0 Å². The molecule has 10 atom stereocenters. The summed E-state index contributed by atoms with van der Waals surface area (Å²) in [4.78, 5) is 11.4. The Morgan fingerprint density at radius 2 is 1.79 bits per heavy atom. The monoisotopic (exact) mass is 394 g/mol. The fourth-order valence-corrected chi connectivity index (χ4v) is 8.37. The summed E-state index contributed by atoms with van der Waals surface area (Å²) in [6.07, 6.45) is 6.02. The van der Waals surface area contributed by atoms with Gasteiger partial charge in [-0.1, -0.05) is 13.8 Å². The molecule has 0 spiro atoms. The molecular weight excluding hydrogens is 356 g/mol. The van der Waals surface area contributed by atoms with Crippen molar-refractivity contribution in [3.8, 4) is 0 Å². The number of rotatable bonds is 2. The molecule has 160 valence electrons. The van der Waals surface area contributed by atoms with E-state index in [1.54, 1.807) is 6.92 Å². The van der Waals surface area contributed by atoms with Crippen LogP contribution in [0.15, 0.2) is 0 Å². The van der Waals surface area contributed by atoms with Gasteiger partial charge in [-0.3, -0.25) is 4.79 Å². The predicted molar refractivity (Wildman–Crippen MR) is 105 cm³/mol. The summed E-state index contributed by atoms with van der Waals surface area (Å²) in [5.74, 6) is 1.75. The lowest BCUT2D eigenvalue weighted by Crippen LogP contribution is -2.61. The van der Waals surface area contributed by atoms with Gasteiger partial charge in [-0.05, 0) is 87.4 Å². The molecule has 0 amide bonds. The Hall–Kier alpha value is -0.650. The lowest BCUT2D eigenvalue weighted by molar-refractivity contribution is -0.209. The maximum absolute atomic E-state index is 11.4. The Balaban J connectivity index is 1.58. The molecular formula is C23H38O5. The molecule has 3 N–H and O–H groups in total. The molecule has 0 aromatic carbocycles. The van der Waals surface area contributed by atoms with Gasteiger partial charge in [0.1, 0.15) is 11.7 Å². The van der Waals surface area contributed by atoms with Crippen LogP contribution in [0.2, 0.25) is 0 Å². The van der Waals surface area contributed by atoms with Crippen molar-refractivity contribution in [1.29, 1.82) is 0 Å². The van der Waals surface area contributed by atoms with Gasteiger partial charge in [0.2, 0.25) is 0 Å². The molecule has 0 saturated heterocycles. The molecule has 0 aliphatic heterocycles. The highest BCUT2D eigenvalue weighted by Crippen LogP contribution is 2.68. The van der Waals surface area contributed by atoms with Gasteiger partial charge < -0.3 is 20.1 Å². The first-order valence-electron chi connectivity index (χ1n) is 11.3. The first kappa shape index (κ1) is 20.6. The number of hydrogen-bond donors (Lipinski definition) is 3. The highest BCUT2D eigenvalue weighted by molar-refractivity contribution is 5.66. The van der Waals surface area contributed by atoms with Gasteiger partial charge in [-0.25, -0.2) is 0 Å². The number of ether oxygens (including phenoxy) is 1. The number of aliphatic hydroxyl groups is 3. The third-order valence-electron chi connectivity index (χ3n) is 9.88. The standard InChI is InChI=1S/C23H38O5/c1-13(24)23(27)20(26)12-19-17-6-5-15-11-16(28-14(2)25)7-9-21(15,3)18(17)8-10-22(19,23)4/h13,15-20,24,26-27H,5-12H2,1-4H3. The van der Waals surface area contributed by atoms with Crippen molar-refractivity contribution in [2.75, 3.05) is 0 Å². The van der Waals surface area contributed by atoms with Gasteiger partial charge in [-0.2, -0.15) is 0 Å². The summed E-state index contributed by atoms with van der Waals surface area (Å²) >= 11 is 0. The zero-order valence-corrected chi connectivity index (χ0v) is 17.9. The van der Waals surface area contributed by atoms with Crippen molar-refractivity contribution >= 4 is 5.97 Å². The van der Waals surface area contributed by atoms with Crippen LogP contribution in [-0.4, -0.2) is 45.2 Å². The summed E-state index contributed by atoms with van der Waals surface area (Å²) in [6, 6.07) is 0. The third-order valence-corrected chi connectivity index (χ3v) is 9.88. The second-order valence-electron chi connectivity index (χ2n) is 10.9. The van der Waals surface area contributed by atoms with E-state index >= 15 is 0 Å². The van der Waals surface area contributed by atoms with Crippen molar-refractivity contribution in [2.45, 2.75) is 103 Å². The molecule has 0 heterocycles. The van der Waals surface area contributed by atoms with E-state index in [1.165, 1.54) is 6.92 Å². The van der Waals surface area contributed by atoms with E-state index in [0.717, 1.165) is 44.9 Å². The molecule has 4 fully saturated rings. The quantitative estimate of drug-likeness (QED) is 0.627. The number of aliphatic hydroxyl groups excluding tert-OH is 2. The predicted octanol–water partition coefficient (Wildman–Crippen LogP) is 3.04. The first-order chi connectivity index (χ1) is 13.0. The maximum Gasteiger partial charge on any atom is 0.302 e. The van der Waals surface area contributed by atoms with Crippen molar-refractivity contribution in [1.82, 2.24) is 0 Å². The average Bonchev–Trinajstić information content (AvgIpc) is 2.83. The molecule has 5 nitrogen and oxygen atoms in total. The topological polar surface area (TPSA) is 87.0 Å². The smallest absolute Gasteiger partial charge is 0.302 e. The fraction of sp³-hybridized carbons (Fsp3) is 0.957. The number of hydrogen-bond acceptors (Lipinski definition) is 5. The number of fused-ring (bicyclic) bond motifs is 5. The van der Waals surface area contributed by atoms with Crippen LogP contribution in [0.4, 0.5) is 0 Å². The minimum absolute atomic E-state index is 0.0645. The summed E-state index contributed by atoms with van der Waals surface area (Å²) in [5.41, 5.74) is -1.59. The minimum atomic E-state index is -1.41. The summed E-state index contributed by atoms with van der Waals surface area (Å²) in [6.45, 7) is 7.66. The van der Waals surface area contributed by atoms with Crippen LogP contribution in [0.25, 0.3) is 0 Å². The molecule has 4 aliphatic rings. The number of carbonyl (C=O) groups is 1. The molecule has 10 unspecified atom stereocenters. The van der Waals surface area contributed by atoms with Crippen LogP contribution < -0.4 is 0 Å². The molecule has 4 saturated carbocycles. The van der Waals surface area contributed by atoms with Gasteiger partial charge in [0.15, 0.2) is 0 Å². The van der Waals surface area contributed by atoms with Crippen LogP contribution in [0.3, 0.4) is 0 Å². The highest BCUT2D eigenvalue weighted by atomic mass is 16.5. The highest BCUT2D eigenvalue weighted by Gasteiger charge is 2.69. The van der Waals surface area contributed by atoms with Crippen molar-refractivity contribution in [3.05, 3.63) is 0 Å². The lowest BCUT2D eigenvalue weighted by Gasteiger charge is -2.61. The van der Waals surface area contributed by atoms with E-state index in [2.05, 4.69) is 13.8 Å². The third kappa shape index (κ3) is 2.65. The van der Waals surface area contributed by atoms with E-state index in [0.29, 0.717) is 24.2 Å². The molecule has 0 aromatic rings. The molecule has 0 aromatic heterocycles. The minimum Gasteiger partial charge on any atom is -0.463 e. The van der Waals surface area contributed by atoms with E-state index in [-0.39, 0.29) is 23.4 Å². The van der Waals surface area contributed by atoms with Gasteiger partial charge in [0, 0.05) is 12.3 Å². The lowest BCUT2D eigenvalue weighted by atomic mass is 9.44. The molecule has 4 rings (SSSR count). The average molecular weight is 395 g/mol. The molecule has 0 radical (unpaired) electrons. The van der Waals surface area contributed by atoms with Crippen LogP contribution in [0.1, 0.15) is 79.1 Å². The molecule has 4 aliphatic carbocycles. The van der Waals surface area contributed by atoms with Gasteiger partial charge in [0.25, 0.3) is 0 Å².